The van der Waals surface area contributed by atoms with Crippen LogP contribution in [0.2, 0.25) is 0 Å². The molecule has 5 nitrogen and oxygen atoms in total. The zero-order valence-electron chi connectivity index (χ0n) is 20.5. The van der Waals surface area contributed by atoms with E-state index < -0.39 is 46.6 Å². The highest BCUT2D eigenvalue weighted by Gasteiger charge is 2.73. The van der Waals surface area contributed by atoms with Gasteiger partial charge in [0.2, 0.25) is 0 Å². The summed E-state index contributed by atoms with van der Waals surface area (Å²) in [5, 5.41) is 11.3. The summed E-state index contributed by atoms with van der Waals surface area (Å²) in [5.74, 6) is -2.75. The average Bonchev–Trinajstić information content (AvgIpc) is 3.03. The maximum Gasteiger partial charge on any atom is 0.316 e. The Morgan fingerprint density at radius 1 is 1.23 bits per heavy atom. The highest BCUT2D eigenvalue weighted by atomic mass is 24.3. The fourth-order valence-electron chi connectivity index (χ4n) is 7.89. The molecular weight excluding hydrogens is 467 g/mol. The Morgan fingerprint density at radius 3 is 2.57 bits per heavy atom. The van der Waals surface area contributed by atoms with Crippen molar-refractivity contribution in [1.29, 1.82) is 0 Å². The standard InChI is InChI=1S/C27H36F2O5.Mg.2H/c1-5-6-7-23(33)34-14-21(31)24-15(2)10-17-18-12-20(28)19-11-16(30)8-9-26(19,4)27(18,29)22(32)13-25(17,24)3;;;/h8-9,11,15,17-18,20,22,24,32H,5-7,10,12-14H2,1-4H3;;;/t15-,17+,18+,20+,22+,24-,25+,26+,27+;;;/m1.../s1. The molecule has 0 aliphatic heterocycles. The lowest BCUT2D eigenvalue weighted by Gasteiger charge is -2.62. The van der Waals surface area contributed by atoms with Crippen LogP contribution in [0.15, 0.2) is 23.8 Å². The first-order valence-corrected chi connectivity index (χ1v) is 12.5. The van der Waals surface area contributed by atoms with Crippen molar-refractivity contribution < 1.29 is 33.0 Å². The van der Waals surface area contributed by atoms with Gasteiger partial charge in [0.25, 0.3) is 0 Å². The molecule has 4 aliphatic rings. The Hall–Kier alpha value is -1.12. The molecule has 35 heavy (non-hydrogen) atoms. The fraction of sp³-hybridized carbons (Fsp3) is 0.741. The number of ether oxygens (including phenoxy) is 1. The van der Waals surface area contributed by atoms with Crippen LogP contribution in [0.3, 0.4) is 0 Å². The number of carbonyl (C=O) groups is 3. The zero-order valence-corrected chi connectivity index (χ0v) is 20.5. The molecule has 0 bridgehead atoms. The molecule has 0 unspecified atom stereocenters. The molecule has 192 valence electrons. The van der Waals surface area contributed by atoms with Gasteiger partial charge in [0.1, 0.15) is 12.8 Å². The molecule has 0 aromatic heterocycles. The monoisotopic (exact) mass is 504 g/mol. The fourth-order valence-corrected chi connectivity index (χ4v) is 7.89. The Kier molecular flexibility index (Phi) is 8.11. The van der Waals surface area contributed by atoms with Gasteiger partial charge in [-0.3, -0.25) is 14.4 Å². The second-order valence-electron chi connectivity index (χ2n) is 11.4. The van der Waals surface area contributed by atoms with E-state index in [0.717, 1.165) is 6.42 Å². The first-order valence-electron chi connectivity index (χ1n) is 12.5. The smallest absolute Gasteiger partial charge is 0.316 e. The lowest BCUT2D eigenvalue weighted by Crippen LogP contribution is -2.68. The summed E-state index contributed by atoms with van der Waals surface area (Å²) in [7, 11) is 0. The Labute approximate surface area is 222 Å². The molecule has 0 aromatic rings. The SMILES string of the molecule is CCCCC(=O)OCC(=O)[C@H]1[C@H](C)C[C@H]2[C@@H]3C[C@H](F)C4=CC(=O)C=C[C@]4(C)[C@@]3(F)[C@@H](O)C[C@@]21C.[MgH2]. The zero-order chi connectivity index (χ0) is 25.1. The van der Waals surface area contributed by atoms with Crippen molar-refractivity contribution in [3.05, 3.63) is 23.8 Å². The number of fused-ring (bicyclic) bond motifs is 5. The van der Waals surface area contributed by atoms with Crippen molar-refractivity contribution in [1.82, 2.24) is 0 Å². The van der Waals surface area contributed by atoms with Crippen LogP contribution >= 0.6 is 0 Å². The van der Waals surface area contributed by atoms with E-state index >= 15 is 8.78 Å². The van der Waals surface area contributed by atoms with E-state index in [1.807, 2.05) is 20.8 Å². The number of aliphatic hydroxyl groups excluding tert-OH is 1. The number of alkyl halides is 2. The largest absolute Gasteiger partial charge is 0.458 e. The molecule has 8 heteroatoms. The van der Waals surface area contributed by atoms with E-state index in [-0.39, 0.29) is 77.9 Å². The molecular formula is C27H38F2MgO5. The van der Waals surface area contributed by atoms with E-state index in [9.17, 15) is 19.5 Å². The molecule has 1 N–H and O–H groups in total. The minimum Gasteiger partial charge on any atom is -0.458 e. The van der Waals surface area contributed by atoms with Gasteiger partial charge in [-0.1, -0.05) is 33.3 Å². The number of carbonyl (C=O) groups excluding carboxylic acids is 3. The summed E-state index contributed by atoms with van der Waals surface area (Å²) in [5.41, 5.74) is -4.21. The maximum atomic E-state index is 17.1. The van der Waals surface area contributed by atoms with Crippen molar-refractivity contribution in [2.24, 2.45) is 34.5 Å². The molecule has 0 radical (unpaired) electrons. The van der Waals surface area contributed by atoms with Gasteiger partial charge in [0.15, 0.2) is 17.2 Å². The number of halogens is 2. The number of esters is 1. The average molecular weight is 505 g/mol. The second-order valence-corrected chi connectivity index (χ2v) is 11.4. The number of ketones is 2. The Morgan fingerprint density at radius 2 is 1.91 bits per heavy atom. The quantitative estimate of drug-likeness (QED) is 0.442. The summed E-state index contributed by atoms with van der Waals surface area (Å²) in [6.45, 7) is 7.03. The molecule has 0 heterocycles. The molecule has 9 atom stereocenters. The number of hydrogen-bond acceptors (Lipinski definition) is 5. The minimum absolute atomic E-state index is 0. The molecule has 4 rings (SSSR count). The molecule has 0 amide bonds. The van der Waals surface area contributed by atoms with E-state index in [2.05, 4.69) is 0 Å². The predicted molar refractivity (Wildman–Crippen MR) is 131 cm³/mol. The highest BCUT2D eigenvalue weighted by molar-refractivity contribution is 6.01. The van der Waals surface area contributed by atoms with Gasteiger partial charge >= 0.3 is 29.0 Å². The van der Waals surface area contributed by atoms with Gasteiger partial charge < -0.3 is 9.84 Å². The Bertz CT molecular complexity index is 950. The van der Waals surface area contributed by atoms with Crippen LogP contribution < -0.4 is 0 Å². The normalized spacial score (nSPS) is 43.9. The maximum absolute atomic E-state index is 17.1. The van der Waals surface area contributed by atoms with Crippen molar-refractivity contribution >= 4 is 40.6 Å². The third-order valence-electron chi connectivity index (χ3n) is 9.43. The van der Waals surface area contributed by atoms with Crippen molar-refractivity contribution in [2.75, 3.05) is 6.61 Å². The first kappa shape index (κ1) is 28.4. The van der Waals surface area contributed by atoms with Crippen LogP contribution in [0.1, 0.15) is 66.2 Å². The Balaban J connectivity index is 0.00000342. The number of unbranched alkanes of at least 4 members (excludes halogenated alkanes) is 1. The lowest BCUT2D eigenvalue weighted by molar-refractivity contribution is -0.202. The summed E-state index contributed by atoms with van der Waals surface area (Å²) in [6, 6.07) is 0. The molecule has 4 aliphatic carbocycles. The van der Waals surface area contributed by atoms with E-state index in [0.29, 0.717) is 12.8 Å². The second kappa shape index (κ2) is 9.97. The van der Waals surface area contributed by atoms with E-state index in [1.165, 1.54) is 18.2 Å². The van der Waals surface area contributed by atoms with Crippen molar-refractivity contribution in [3.63, 3.8) is 0 Å². The van der Waals surface area contributed by atoms with E-state index in [4.69, 9.17) is 4.74 Å². The molecule has 0 saturated heterocycles. The molecule has 0 spiro atoms. The van der Waals surface area contributed by atoms with Crippen LogP contribution in [-0.4, -0.2) is 70.2 Å². The summed E-state index contributed by atoms with van der Waals surface area (Å²) >= 11 is 0. The number of hydrogen-bond donors (Lipinski definition) is 1. The van der Waals surface area contributed by atoms with Crippen LogP contribution in [0.4, 0.5) is 8.78 Å². The summed E-state index contributed by atoms with van der Waals surface area (Å²) < 4.78 is 37.7. The van der Waals surface area contributed by atoms with Gasteiger partial charge in [0, 0.05) is 23.7 Å². The van der Waals surface area contributed by atoms with Gasteiger partial charge in [-0.25, -0.2) is 8.78 Å². The molecule has 3 fully saturated rings. The van der Waals surface area contributed by atoms with Crippen LogP contribution in [-0.2, 0) is 19.1 Å². The van der Waals surface area contributed by atoms with Gasteiger partial charge in [-0.15, -0.1) is 0 Å². The van der Waals surface area contributed by atoms with Crippen molar-refractivity contribution in [2.45, 2.75) is 84.2 Å². The van der Waals surface area contributed by atoms with Crippen LogP contribution in [0, 0.1) is 34.5 Å². The molecule has 3 saturated carbocycles. The number of aliphatic hydroxyl groups is 1. The van der Waals surface area contributed by atoms with Crippen LogP contribution in [0.25, 0.3) is 0 Å². The van der Waals surface area contributed by atoms with Gasteiger partial charge in [-0.05, 0) is 67.6 Å². The van der Waals surface area contributed by atoms with Gasteiger partial charge in [-0.2, -0.15) is 0 Å². The lowest BCUT2D eigenvalue weighted by atomic mass is 9.45. The summed E-state index contributed by atoms with van der Waals surface area (Å²) in [6.07, 6.45) is 3.20. The molecule has 0 aromatic carbocycles. The highest BCUT2D eigenvalue weighted by Crippen LogP contribution is 2.70. The summed E-state index contributed by atoms with van der Waals surface area (Å²) in [4.78, 5) is 37.1. The number of rotatable bonds is 6. The number of Topliss-reactive ketones (excluding diaryl/α,β-unsaturated/α-hetero) is 1. The van der Waals surface area contributed by atoms with Gasteiger partial charge in [0.05, 0.1) is 6.10 Å². The third kappa shape index (κ3) is 4.25. The number of allylic oxidation sites excluding steroid dienone is 4. The van der Waals surface area contributed by atoms with Crippen molar-refractivity contribution in [3.8, 4) is 0 Å². The topological polar surface area (TPSA) is 80.7 Å². The first-order chi connectivity index (χ1) is 15.9. The minimum atomic E-state index is -2.15. The third-order valence-corrected chi connectivity index (χ3v) is 9.43. The van der Waals surface area contributed by atoms with Crippen LogP contribution in [0.5, 0.6) is 0 Å². The predicted octanol–water partition coefficient (Wildman–Crippen LogP) is 3.55. The van der Waals surface area contributed by atoms with E-state index in [1.54, 1.807) is 6.92 Å².